The van der Waals surface area contributed by atoms with Crippen LogP contribution in [0.5, 0.6) is 0 Å². The van der Waals surface area contributed by atoms with Crippen molar-refractivity contribution in [1.82, 2.24) is 9.78 Å². The fourth-order valence-corrected chi connectivity index (χ4v) is 2.85. The predicted octanol–water partition coefficient (Wildman–Crippen LogP) is 3.67. The average Bonchev–Trinajstić information content (AvgIpc) is 3.08. The molecular formula is C16H18N2O2. The molecule has 1 aromatic carbocycles. The summed E-state index contributed by atoms with van der Waals surface area (Å²) in [5.41, 5.74) is 3.19. The fourth-order valence-electron chi connectivity index (χ4n) is 2.85. The Balaban J connectivity index is 2.02. The zero-order valence-corrected chi connectivity index (χ0v) is 11.5. The molecule has 0 saturated heterocycles. The van der Waals surface area contributed by atoms with Gasteiger partial charge in [0, 0.05) is 5.56 Å². The molecule has 0 aliphatic heterocycles. The monoisotopic (exact) mass is 270 g/mol. The van der Waals surface area contributed by atoms with E-state index >= 15 is 0 Å². The van der Waals surface area contributed by atoms with Crippen LogP contribution in [-0.2, 0) is 0 Å². The minimum Gasteiger partial charge on any atom is -0.477 e. The molecule has 1 aromatic heterocycles. The Bertz CT molecular complexity index is 622. The molecule has 0 spiro atoms. The molecule has 4 nitrogen and oxygen atoms in total. The second kappa shape index (κ2) is 5.12. The van der Waals surface area contributed by atoms with E-state index in [1.54, 1.807) is 10.7 Å². The number of carboxylic acid groups (broad SMARTS) is 1. The van der Waals surface area contributed by atoms with E-state index in [1.165, 1.54) is 5.56 Å². The quantitative estimate of drug-likeness (QED) is 0.925. The second-order valence-corrected chi connectivity index (χ2v) is 5.47. The van der Waals surface area contributed by atoms with Gasteiger partial charge in [-0.25, -0.2) is 4.79 Å². The van der Waals surface area contributed by atoms with Crippen LogP contribution in [0.3, 0.4) is 0 Å². The number of hydrogen-bond donors (Lipinski definition) is 1. The van der Waals surface area contributed by atoms with Crippen molar-refractivity contribution in [1.29, 1.82) is 0 Å². The van der Waals surface area contributed by atoms with Gasteiger partial charge in [0.25, 0.3) is 0 Å². The summed E-state index contributed by atoms with van der Waals surface area (Å²) in [6.45, 7) is 2.03. The third-order valence-electron chi connectivity index (χ3n) is 3.97. The van der Waals surface area contributed by atoms with Gasteiger partial charge in [-0.3, -0.25) is 4.68 Å². The standard InChI is InChI=1S/C16H18N2O2/c1-11-6-8-12(9-7-11)14-10-15(16(19)20)18(17-14)13-4-2-3-5-13/h6-10,13H,2-5H2,1H3,(H,19,20). The van der Waals surface area contributed by atoms with Crippen molar-refractivity contribution in [3.63, 3.8) is 0 Å². The average molecular weight is 270 g/mol. The normalized spacial score (nSPS) is 15.7. The molecule has 0 amide bonds. The first-order chi connectivity index (χ1) is 9.65. The highest BCUT2D eigenvalue weighted by atomic mass is 16.4. The van der Waals surface area contributed by atoms with Gasteiger partial charge in [-0.1, -0.05) is 42.7 Å². The topological polar surface area (TPSA) is 55.1 Å². The number of aromatic carboxylic acids is 1. The highest BCUT2D eigenvalue weighted by molar-refractivity contribution is 5.87. The maximum atomic E-state index is 11.4. The minimum absolute atomic E-state index is 0.236. The van der Waals surface area contributed by atoms with Gasteiger partial charge in [0.05, 0.1) is 11.7 Å². The van der Waals surface area contributed by atoms with Gasteiger partial charge >= 0.3 is 5.97 Å². The van der Waals surface area contributed by atoms with E-state index in [0.717, 1.165) is 36.9 Å². The fraction of sp³-hybridized carbons (Fsp3) is 0.375. The molecule has 0 bridgehead atoms. The van der Waals surface area contributed by atoms with Gasteiger partial charge in [0.1, 0.15) is 5.69 Å². The van der Waals surface area contributed by atoms with Crippen LogP contribution in [0.2, 0.25) is 0 Å². The Morgan fingerprint density at radius 3 is 2.50 bits per heavy atom. The van der Waals surface area contributed by atoms with E-state index in [4.69, 9.17) is 0 Å². The molecule has 1 heterocycles. The Hall–Kier alpha value is -2.10. The first-order valence-corrected chi connectivity index (χ1v) is 7.05. The smallest absolute Gasteiger partial charge is 0.354 e. The molecule has 104 valence electrons. The molecule has 20 heavy (non-hydrogen) atoms. The van der Waals surface area contributed by atoms with Crippen molar-refractivity contribution < 1.29 is 9.90 Å². The van der Waals surface area contributed by atoms with E-state index in [0.29, 0.717) is 5.69 Å². The maximum absolute atomic E-state index is 11.4. The van der Waals surface area contributed by atoms with Crippen molar-refractivity contribution in [3.05, 3.63) is 41.6 Å². The number of carboxylic acids is 1. The van der Waals surface area contributed by atoms with E-state index in [-0.39, 0.29) is 6.04 Å². The number of aryl methyl sites for hydroxylation is 1. The Morgan fingerprint density at radius 1 is 1.25 bits per heavy atom. The molecule has 1 aliphatic carbocycles. The lowest BCUT2D eigenvalue weighted by Crippen LogP contribution is -2.14. The molecule has 0 atom stereocenters. The molecule has 3 rings (SSSR count). The van der Waals surface area contributed by atoms with Crippen molar-refractivity contribution in [2.45, 2.75) is 38.6 Å². The zero-order valence-electron chi connectivity index (χ0n) is 11.5. The predicted molar refractivity (Wildman–Crippen MR) is 76.9 cm³/mol. The maximum Gasteiger partial charge on any atom is 0.354 e. The van der Waals surface area contributed by atoms with E-state index in [9.17, 15) is 9.90 Å². The molecule has 1 N–H and O–H groups in total. The number of hydrogen-bond acceptors (Lipinski definition) is 2. The van der Waals surface area contributed by atoms with Crippen LogP contribution < -0.4 is 0 Å². The second-order valence-electron chi connectivity index (χ2n) is 5.47. The number of benzene rings is 1. The van der Waals surface area contributed by atoms with E-state index in [1.807, 2.05) is 31.2 Å². The number of carbonyl (C=O) groups is 1. The van der Waals surface area contributed by atoms with Crippen LogP contribution >= 0.6 is 0 Å². The Kier molecular flexibility index (Phi) is 3.30. The van der Waals surface area contributed by atoms with Crippen molar-refractivity contribution in [2.24, 2.45) is 0 Å². The summed E-state index contributed by atoms with van der Waals surface area (Å²) >= 11 is 0. The lowest BCUT2D eigenvalue weighted by Gasteiger charge is -2.11. The van der Waals surface area contributed by atoms with Crippen LogP contribution in [0.25, 0.3) is 11.3 Å². The molecule has 1 fully saturated rings. The number of nitrogens with zero attached hydrogens (tertiary/aromatic N) is 2. The highest BCUT2D eigenvalue weighted by Gasteiger charge is 2.24. The Labute approximate surface area is 118 Å². The summed E-state index contributed by atoms with van der Waals surface area (Å²) in [7, 11) is 0. The summed E-state index contributed by atoms with van der Waals surface area (Å²) < 4.78 is 1.71. The van der Waals surface area contributed by atoms with Crippen LogP contribution in [0.4, 0.5) is 0 Å². The Morgan fingerprint density at radius 2 is 1.90 bits per heavy atom. The van der Waals surface area contributed by atoms with Crippen LogP contribution in [-0.4, -0.2) is 20.9 Å². The molecule has 4 heteroatoms. The zero-order chi connectivity index (χ0) is 14.1. The van der Waals surface area contributed by atoms with Crippen molar-refractivity contribution in [2.75, 3.05) is 0 Å². The molecule has 0 radical (unpaired) electrons. The number of rotatable bonds is 3. The lowest BCUT2D eigenvalue weighted by molar-refractivity contribution is 0.0680. The van der Waals surface area contributed by atoms with Crippen LogP contribution in [0, 0.1) is 6.92 Å². The van der Waals surface area contributed by atoms with Gasteiger partial charge in [0.2, 0.25) is 0 Å². The lowest BCUT2D eigenvalue weighted by atomic mass is 10.1. The highest BCUT2D eigenvalue weighted by Crippen LogP contribution is 2.32. The van der Waals surface area contributed by atoms with Crippen LogP contribution in [0.15, 0.2) is 30.3 Å². The largest absolute Gasteiger partial charge is 0.477 e. The van der Waals surface area contributed by atoms with Gasteiger partial charge in [-0.2, -0.15) is 5.10 Å². The van der Waals surface area contributed by atoms with E-state index < -0.39 is 5.97 Å². The van der Waals surface area contributed by atoms with Crippen molar-refractivity contribution in [3.8, 4) is 11.3 Å². The van der Waals surface area contributed by atoms with Crippen LogP contribution in [0.1, 0.15) is 47.8 Å². The molecule has 0 unspecified atom stereocenters. The van der Waals surface area contributed by atoms with Crippen molar-refractivity contribution >= 4 is 5.97 Å². The first kappa shape index (κ1) is 12.9. The van der Waals surface area contributed by atoms with Gasteiger partial charge in [-0.15, -0.1) is 0 Å². The summed E-state index contributed by atoms with van der Waals surface area (Å²) in [5.74, 6) is -0.900. The molecule has 1 saturated carbocycles. The van der Waals surface area contributed by atoms with E-state index in [2.05, 4.69) is 5.10 Å². The summed E-state index contributed by atoms with van der Waals surface area (Å²) in [6, 6.07) is 9.94. The number of aromatic nitrogens is 2. The third kappa shape index (κ3) is 2.33. The molecular weight excluding hydrogens is 252 g/mol. The summed E-state index contributed by atoms with van der Waals surface area (Å²) in [6.07, 6.45) is 4.36. The first-order valence-electron chi connectivity index (χ1n) is 7.05. The molecule has 2 aromatic rings. The summed E-state index contributed by atoms with van der Waals surface area (Å²) in [4.78, 5) is 11.4. The molecule has 1 aliphatic rings. The third-order valence-corrected chi connectivity index (χ3v) is 3.97. The summed E-state index contributed by atoms with van der Waals surface area (Å²) in [5, 5.41) is 13.9. The van der Waals surface area contributed by atoms with Gasteiger partial charge in [-0.05, 0) is 25.8 Å². The van der Waals surface area contributed by atoms with Gasteiger partial charge in [0.15, 0.2) is 0 Å². The minimum atomic E-state index is -0.900. The van der Waals surface area contributed by atoms with Gasteiger partial charge < -0.3 is 5.11 Å². The SMILES string of the molecule is Cc1ccc(-c2cc(C(=O)O)n(C3CCCC3)n2)cc1.